The molecule has 2 bridgehead atoms. The van der Waals surface area contributed by atoms with E-state index in [-0.39, 0.29) is 17.8 Å². The number of hydrazine groups is 1. The van der Waals surface area contributed by atoms with Crippen LogP contribution in [0.5, 0.6) is 5.75 Å². The van der Waals surface area contributed by atoms with E-state index < -0.39 is 29.6 Å². The van der Waals surface area contributed by atoms with Crippen LogP contribution in [0.4, 0.5) is 0 Å². The molecule has 4 atom stereocenters. The molecule has 1 aromatic rings. The first kappa shape index (κ1) is 14.0. The molecule has 0 saturated carbocycles. The van der Waals surface area contributed by atoms with Crippen LogP contribution >= 0.6 is 0 Å². The largest absolute Gasteiger partial charge is 0.496 e. The molecule has 1 N–H and O–H groups in total. The molecule has 3 amide bonds. The molecule has 0 unspecified atom stereocenters. The van der Waals surface area contributed by atoms with E-state index in [1.807, 2.05) is 0 Å². The van der Waals surface area contributed by atoms with Crippen molar-refractivity contribution < 1.29 is 23.9 Å². The minimum absolute atomic E-state index is 0.255. The van der Waals surface area contributed by atoms with Gasteiger partial charge >= 0.3 is 0 Å². The summed E-state index contributed by atoms with van der Waals surface area (Å²) in [7, 11) is 1.45. The number of carbonyl (C=O) groups is 3. The van der Waals surface area contributed by atoms with Crippen molar-refractivity contribution in [2.75, 3.05) is 7.11 Å². The number of rotatable bonds is 3. The van der Waals surface area contributed by atoms with Crippen molar-refractivity contribution in [2.45, 2.75) is 12.2 Å². The molecule has 118 valence electrons. The Labute approximate surface area is 131 Å². The number of imide groups is 1. The summed E-state index contributed by atoms with van der Waals surface area (Å²) in [5, 5.41) is 0.819. The first-order valence-corrected chi connectivity index (χ1v) is 7.27. The Kier molecular flexibility index (Phi) is 2.99. The van der Waals surface area contributed by atoms with Gasteiger partial charge in [-0.15, -0.1) is 0 Å². The standard InChI is InChI=1S/C16H14N2O5/c1-22-9-5-3-2-4-8(9)14(19)17-18-15(20)12-10-6-7-11(23-10)13(12)16(18)21/h2-7,10-13H,1H3,(H,17,19)/t10-,11+,12-,13+. The van der Waals surface area contributed by atoms with E-state index in [1.54, 1.807) is 36.4 Å². The highest BCUT2D eigenvalue weighted by Gasteiger charge is 2.61. The number of fused-ring (bicyclic) bond motifs is 5. The van der Waals surface area contributed by atoms with Crippen LogP contribution in [0.3, 0.4) is 0 Å². The van der Waals surface area contributed by atoms with Gasteiger partial charge in [-0.05, 0) is 12.1 Å². The van der Waals surface area contributed by atoms with Gasteiger partial charge in [0.2, 0.25) is 0 Å². The second-order valence-corrected chi connectivity index (χ2v) is 5.65. The van der Waals surface area contributed by atoms with E-state index in [0.29, 0.717) is 5.75 Å². The van der Waals surface area contributed by atoms with Gasteiger partial charge in [0.05, 0.1) is 36.7 Å². The van der Waals surface area contributed by atoms with Crippen molar-refractivity contribution in [3.8, 4) is 5.75 Å². The molecule has 0 aromatic heterocycles. The van der Waals surface area contributed by atoms with Gasteiger partial charge in [-0.25, -0.2) is 0 Å². The SMILES string of the molecule is COc1ccccc1C(=O)NN1C(=O)[C@@H]2[C@H](C1=O)[C@H]1C=C[C@@H]2O1. The minimum Gasteiger partial charge on any atom is -0.496 e. The molecule has 0 radical (unpaired) electrons. The lowest BCUT2D eigenvalue weighted by molar-refractivity contribution is -0.145. The Morgan fingerprint density at radius 1 is 1.13 bits per heavy atom. The third-order valence-corrected chi connectivity index (χ3v) is 4.48. The topological polar surface area (TPSA) is 84.9 Å². The highest BCUT2D eigenvalue weighted by molar-refractivity contribution is 6.09. The highest BCUT2D eigenvalue weighted by Crippen LogP contribution is 2.44. The molecule has 2 fully saturated rings. The molecule has 1 aromatic carbocycles. The summed E-state index contributed by atoms with van der Waals surface area (Å²) in [6.45, 7) is 0. The number of methoxy groups -OCH3 is 1. The zero-order chi connectivity index (χ0) is 16.1. The average molecular weight is 314 g/mol. The maximum Gasteiger partial charge on any atom is 0.274 e. The summed E-state index contributed by atoms with van der Waals surface area (Å²) in [6.07, 6.45) is 2.83. The molecule has 2 saturated heterocycles. The maximum atomic E-state index is 12.5. The molecule has 7 nitrogen and oxygen atoms in total. The van der Waals surface area contributed by atoms with E-state index in [1.165, 1.54) is 7.11 Å². The van der Waals surface area contributed by atoms with Gasteiger partial charge in [0.15, 0.2) is 0 Å². The van der Waals surface area contributed by atoms with Crippen LogP contribution in [0.1, 0.15) is 10.4 Å². The molecular weight excluding hydrogens is 300 g/mol. The van der Waals surface area contributed by atoms with Crippen LogP contribution in [0.25, 0.3) is 0 Å². The smallest absolute Gasteiger partial charge is 0.274 e. The number of ether oxygens (including phenoxy) is 2. The van der Waals surface area contributed by atoms with Crippen LogP contribution in [-0.4, -0.2) is 42.0 Å². The number of benzene rings is 1. The zero-order valence-corrected chi connectivity index (χ0v) is 12.3. The molecule has 23 heavy (non-hydrogen) atoms. The van der Waals surface area contributed by atoms with Gasteiger partial charge in [0, 0.05) is 0 Å². The van der Waals surface area contributed by atoms with Crippen molar-refractivity contribution in [3.63, 3.8) is 0 Å². The summed E-state index contributed by atoms with van der Waals surface area (Å²) in [5.74, 6) is -2.15. The normalized spacial score (nSPS) is 30.7. The van der Waals surface area contributed by atoms with Crippen molar-refractivity contribution in [2.24, 2.45) is 11.8 Å². The molecule has 0 spiro atoms. The second kappa shape index (κ2) is 4.92. The van der Waals surface area contributed by atoms with Crippen LogP contribution in [0.2, 0.25) is 0 Å². The van der Waals surface area contributed by atoms with E-state index in [9.17, 15) is 14.4 Å². The van der Waals surface area contributed by atoms with Gasteiger partial charge in [-0.1, -0.05) is 24.3 Å². The Bertz CT molecular complexity index is 714. The number of nitrogens with one attached hydrogen (secondary N) is 1. The van der Waals surface area contributed by atoms with Crippen LogP contribution in [-0.2, 0) is 14.3 Å². The first-order valence-electron chi connectivity index (χ1n) is 7.27. The summed E-state index contributed by atoms with van der Waals surface area (Å²) in [6, 6.07) is 6.61. The van der Waals surface area contributed by atoms with Gasteiger partial charge in [0.1, 0.15) is 5.75 Å². The third kappa shape index (κ3) is 1.90. The molecule has 4 rings (SSSR count). The third-order valence-electron chi connectivity index (χ3n) is 4.48. The highest BCUT2D eigenvalue weighted by atomic mass is 16.5. The fourth-order valence-corrected chi connectivity index (χ4v) is 3.41. The van der Waals surface area contributed by atoms with Crippen LogP contribution in [0.15, 0.2) is 36.4 Å². The number of nitrogens with zero attached hydrogens (tertiary/aromatic N) is 1. The average Bonchev–Trinajstić information content (AvgIpc) is 3.24. The Hall–Kier alpha value is -2.67. The number of para-hydroxylation sites is 1. The van der Waals surface area contributed by atoms with E-state index in [4.69, 9.17) is 9.47 Å². The van der Waals surface area contributed by atoms with Crippen molar-refractivity contribution in [1.29, 1.82) is 0 Å². The lowest BCUT2D eigenvalue weighted by Crippen LogP contribution is -2.48. The summed E-state index contributed by atoms with van der Waals surface area (Å²) in [4.78, 5) is 37.3. The quantitative estimate of drug-likeness (QED) is 0.640. The molecule has 3 aliphatic rings. The molecular formula is C16H14N2O5. The monoisotopic (exact) mass is 314 g/mol. The molecule has 3 heterocycles. The molecule has 7 heteroatoms. The Morgan fingerprint density at radius 3 is 2.35 bits per heavy atom. The van der Waals surface area contributed by atoms with Crippen molar-refractivity contribution in [1.82, 2.24) is 10.4 Å². The number of amides is 3. The van der Waals surface area contributed by atoms with E-state index >= 15 is 0 Å². The van der Waals surface area contributed by atoms with Gasteiger partial charge in [0.25, 0.3) is 17.7 Å². The Balaban J connectivity index is 1.57. The number of carbonyl (C=O) groups excluding carboxylic acids is 3. The van der Waals surface area contributed by atoms with Gasteiger partial charge < -0.3 is 9.47 Å². The fourth-order valence-electron chi connectivity index (χ4n) is 3.41. The minimum atomic E-state index is -0.564. The zero-order valence-electron chi connectivity index (χ0n) is 12.3. The lowest BCUT2D eigenvalue weighted by atomic mass is 9.85. The number of hydrogen-bond acceptors (Lipinski definition) is 5. The van der Waals surface area contributed by atoms with Gasteiger partial charge in [-0.3, -0.25) is 19.8 Å². The first-order chi connectivity index (χ1) is 11.1. The predicted octanol–water partition coefficient (Wildman–Crippen LogP) is 0.278. The molecule has 3 aliphatic heterocycles. The van der Waals surface area contributed by atoms with E-state index in [0.717, 1.165) is 5.01 Å². The fraction of sp³-hybridized carbons (Fsp3) is 0.312. The second-order valence-electron chi connectivity index (χ2n) is 5.65. The van der Waals surface area contributed by atoms with Crippen LogP contribution in [0, 0.1) is 11.8 Å². The van der Waals surface area contributed by atoms with Crippen LogP contribution < -0.4 is 10.2 Å². The lowest BCUT2D eigenvalue weighted by Gasteiger charge is -2.18. The molecule has 0 aliphatic carbocycles. The Morgan fingerprint density at radius 2 is 1.74 bits per heavy atom. The van der Waals surface area contributed by atoms with E-state index in [2.05, 4.69) is 5.43 Å². The maximum absolute atomic E-state index is 12.5. The summed E-state index contributed by atoms with van der Waals surface area (Å²) in [5.41, 5.74) is 2.65. The summed E-state index contributed by atoms with van der Waals surface area (Å²) < 4.78 is 10.7. The van der Waals surface area contributed by atoms with Crippen molar-refractivity contribution in [3.05, 3.63) is 42.0 Å². The predicted molar refractivity (Wildman–Crippen MR) is 77.1 cm³/mol. The van der Waals surface area contributed by atoms with Gasteiger partial charge in [-0.2, -0.15) is 5.01 Å². The van der Waals surface area contributed by atoms with Crippen molar-refractivity contribution >= 4 is 17.7 Å². The number of hydrogen-bond donors (Lipinski definition) is 1. The summed E-state index contributed by atoms with van der Waals surface area (Å²) >= 11 is 0.